The molecule has 0 N–H and O–H groups in total. The first kappa shape index (κ1) is 14.3. The van der Waals surface area contributed by atoms with E-state index < -0.39 is 0 Å². The Kier molecular flexibility index (Phi) is 4.37. The molecule has 0 saturated heterocycles. The molecule has 21 heavy (non-hydrogen) atoms. The average Bonchev–Trinajstić information content (AvgIpc) is 2.95. The van der Waals surface area contributed by atoms with Gasteiger partial charge in [-0.25, -0.2) is 0 Å². The summed E-state index contributed by atoms with van der Waals surface area (Å²) in [5, 5.41) is 9.09. The number of hydrogen-bond acceptors (Lipinski definition) is 4. The zero-order chi connectivity index (χ0) is 14.7. The summed E-state index contributed by atoms with van der Waals surface area (Å²) in [5.74, 6) is 3.23. The number of ether oxygens (including phenoxy) is 2. The van der Waals surface area contributed by atoms with Gasteiger partial charge in [-0.2, -0.15) is 17.0 Å². The smallest absolute Gasteiger partial charge is 0.231 e. The van der Waals surface area contributed by atoms with Crippen LogP contribution in [-0.4, -0.2) is 6.79 Å². The summed E-state index contributed by atoms with van der Waals surface area (Å²) in [4.78, 5) is 0. The van der Waals surface area contributed by atoms with E-state index in [1.807, 2.05) is 36.4 Å². The molecule has 1 aliphatic heterocycles. The molecule has 3 nitrogen and oxygen atoms in total. The summed E-state index contributed by atoms with van der Waals surface area (Å²) in [7, 11) is 0. The van der Waals surface area contributed by atoms with Gasteiger partial charge in [-0.3, -0.25) is 0 Å². The molecule has 0 aromatic heterocycles. The first-order valence-electron chi connectivity index (χ1n) is 6.41. The summed E-state index contributed by atoms with van der Waals surface area (Å²) in [6, 6.07) is 13.9. The second kappa shape index (κ2) is 6.42. The zero-order valence-electron chi connectivity index (χ0n) is 11.1. The molecule has 1 heterocycles. The van der Waals surface area contributed by atoms with Gasteiger partial charge < -0.3 is 9.47 Å². The highest BCUT2D eigenvalue weighted by Gasteiger charge is 2.16. The lowest BCUT2D eigenvalue weighted by molar-refractivity contribution is 0.174. The normalized spacial score (nSPS) is 12.2. The summed E-state index contributed by atoms with van der Waals surface area (Å²) < 4.78 is 11.8. The van der Waals surface area contributed by atoms with Crippen molar-refractivity contribution in [2.75, 3.05) is 6.79 Å². The van der Waals surface area contributed by atoms with E-state index in [0.717, 1.165) is 38.6 Å². The Morgan fingerprint density at radius 3 is 2.62 bits per heavy atom. The molecule has 0 spiro atoms. The Hall–Kier alpha value is -1.64. The third-order valence-electron chi connectivity index (χ3n) is 3.19. The summed E-state index contributed by atoms with van der Waals surface area (Å²) in [6.07, 6.45) is 0. The first-order valence-corrected chi connectivity index (χ1v) is 8.36. The number of nitrogens with zero attached hydrogens (tertiary/aromatic N) is 1. The third kappa shape index (κ3) is 3.17. The number of rotatable bonds is 4. The van der Waals surface area contributed by atoms with Crippen molar-refractivity contribution in [3.63, 3.8) is 0 Å². The molecule has 0 atom stereocenters. The molecule has 106 valence electrons. The van der Waals surface area contributed by atoms with Crippen molar-refractivity contribution in [1.82, 2.24) is 0 Å². The van der Waals surface area contributed by atoms with Gasteiger partial charge in [0.05, 0.1) is 11.6 Å². The predicted octanol–water partition coefficient (Wildman–Crippen LogP) is 4.48. The fourth-order valence-electron chi connectivity index (χ4n) is 2.10. The summed E-state index contributed by atoms with van der Waals surface area (Å²) in [5.41, 5.74) is 2.98. The molecule has 5 heteroatoms. The number of fused-ring (bicyclic) bond motifs is 1. The van der Waals surface area contributed by atoms with Crippen molar-refractivity contribution in [2.24, 2.45) is 0 Å². The fraction of sp³-hybridized carbons (Fsp3) is 0.188. The summed E-state index contributed by atoms with van der Waals surface area (Å²) >= 11 is 5.33. The average molecular weight is 362 g/mol. The van der Waals surface area contributed by atoms with Crippen LogP contribution in [0.3, 0.4) is 0 Å². The van der Waals surface area contributed by atoms with Gasteiger partial charge in [0.15, 0.2) is 11.5 Å². The van der Waals surface area contributed by atoms with Gasteiger partial charge >= 0.3 is 0 Å². The minimum absolute atomic E-state index is 0.286. The molecule has 0 bridgehead atoms. The van der Waals surface area contributed by atoms with Gasteiger partial charge in [0, 0.05) is 16.0 Å². The third-order valence-corrected chi connectivity index (χ3v) is 4.96. The predicted molar refractivity (Wildman–Crippen MR) is 86.4 cm³/mol. The van der Waals surface area contributed by atoms with E-state index in [0.29, 0.717) is 0 Å². The molecule has 0 fully saturated rings. The molecule has 3 rings (SSSR count). The van der Waals surface area contributed by atoms with Crippen LogP contribution >= 0.6 is 27.7 Å². The molecular weight excluding hydrogens is 350 g/mol. The van der Waals surface area contributed by atoms with Crippen molar-refractivity contribution >= 4 is 27.7 Å². The quantitative estimate of drug-likeness (QED) is 0.804. The molecule has 1 aliphatic rings. The topological polar surface area (TPSA) is 42.2 Å². The maximum absolute atomic E-state index is 9.09. The molecule has 2 aromatic carbocycles. The van der Waals surface area contributed by atoms with Crippen LogP contribution in [0.15, 0.2) is 40.9 Å². The lowest BCUT2D eigenvalue weighted by atomic mass is 10.1. The number of thioether (sulfide) groups is 1. The van der Waals surface area contributed by atoms with Gasteiger partial charge in [0.25, 0.3) is 0 Å². The number of hydrogen-bond donors (Lipinski definition) is 0. The van der Waals surface area contributed by atoms with Crippen LogP contribution in [0.4, 0.5) is 0 Å². The van der Waals surface area contributed by atoms with E-state index >= 15 is 0 Å². The second-order valence-electron chi connectivity index (χ2n) is 4.56. The van der Waals surface area contributed by atoms with Crippen molar-refractivity contribution in [2.45, 2.75) is 11.5 Å². The van der Waals surface area contributed by atoms with Crippen molar-refractivity contribution < 1.29 is 9.47 Å². The van der Waals surface area contributed by atoms with Crippen molar-refractivity contribution in [3.05, 3.63) is 57.6 Å². The summed E-state index contributed by atoms with van der Waals surface area (Å²) in [6.45, 7) is 0.286. The standard InChI is InChI=1S/C16H12BrNO2S/c17-14-6-16-15(19-10-20-16)5-13(14)9-21-8-12-4-2-1-3-11(12)7-18/h1-6H,8-10H2. The van der Waals surface area contributed by atoms with Crippen LogP contribution in [0, 0.1) is 11.3 Å². The van der Waals surface area contributed by atoms with Crippen molar-refractivity contribution in [3.8, 4) is 17.6 Å². The molecule has 0 aliphatic carbocycles. The SMILES string of the molecule is N#Cc1ccccc1CSCc1cc2c(cc1Br)OCO2. The minimum atomic E-state index is 0.286. The van der Waals surface area contributed by atoms with Crippen LogP contribution < -0.4 is 9.47 Å². The lowest BCUT2D eigenvalue weighted by Crippen LogP contribution is -1.92. The van der Waals surface area contributed by atoms with E-state index in [1.165, 1.54) is 5.56 Å². The number of benzene rings is 2. The van der Waals surface area contributed by atoms with Crippen LogP contribution in [0.5, 0.6) is 11.5 Å². The van der Waals surface area contributed by atoms with Crippen molar-refractivity contribution in [1.29, 1.82) is 5.26 Å². The maximum Gasteiger partial charge on any atom is 0.231 e. The molecule has 0 unspecified atom stereocenters. The molecule has 0 saturated carbocycles. The maximum atomic E-state index is 9.09. The molecule has 0 radical (unpaired) electrons. The Morgan fingerprint density at radius 2 is 1.81 bits per heavy atom. The van der Waals surface area contributed by atoms with Gasteiger partial charge in [-0.1, -0.05) is 34.1 Å². The number of nitriles is 1. The van der Waals surface area contributed by atoms with Gasteiger partial charge in [-0.15, -0.1) is 0 Å². The Morgan fingerprint density at radius 1 is 1.10 bits per heavy atom. The van der Waals surface area contributed by atoms with E-state index in [9.17, 15) is 0 Å². The van der Waals surface area contributed by atoms with Gasteiger partial charge in [0.1, 0.15) is 0 Å². The van der Waals surface area contributed by atoms with Crippen LogP contribution in [0.25, 0.3) is 0 Å². The van der Waals surface area contributed by atoms with E-state index in [4.69, 9.17) is 14.7 Å². The van der Waals surface area contributed by atoms with Crippen LogP contribution in [0.2, 0.25) is 0 Å². The fourth-order valence-corrected chi connectivity index (χ4v) is 3.78. The van der Waals surface area contributed by atoms with Gasteiger partial charge in [0.2, 0.25) is 6.79 Å². The minimum Gasteiger partial charge on any atom is -0.454 e. The molecular formula is C16H12BrNO2S. The van der Waals surface area contributed by atoms with Gasteiger partial charge in [-0.05, 0) is 29.3 Å². The largest absolute Gasteiger partial charge is 0.454 e. The Bertz CT molecular complexity index is 712. The highest BCUT2D eigenvalue weighted by Crippen LogP contribution is 2.38. The Labute approximate surface area is 136 Å². The van der Waals surface area contributed by atoms with E-state index in [2.05, 4.69) is 22.0 Å². The van der Waals surface area contributed by atoms with E-state index in [-0.39, 0.29) is 6.79 Å². The zero-order valence-corrected chi connectivity index (χ0v) is 13.5. The second-order valence-corrected chi connectivity index (χ2v) is 6.40. The molecule has 0 amide bonds. The highest BCUT2D eigenvalue weighted by atomic mass is 79.9. The van der Waals surface area contributed by atoms with E-state index in [1.54, 1.807) is 11.8 Å². The lowest BCUT2D eigenvalue weighted by Gasteiger charge is -2.07. The Balaban J connectivity index is 1.67. The molecule has 2 aromatic rings. The van der Waals surface area contributed by atoms with Crippen LogP contribution in [0.1, 0.15) is 16.7 Å². The first-order chi connectivity index (χ1) is 10.3. The monoisotopic (exact) mass is 361 g/mol. The van der Waals surface area contributed by atoms with Crippen LogP contribution in [-0.2, 0) is 11.5 Å². The highest BCUT2D eigenvalue weighted by molar-refractivity contribution is 9.10. The number of halogens is 1.